The van der Waals surface area contributed by atoms with E-state index in [-0.39, 0.29) is 0 Å². The van der Waals surface area contributed by atoms with Gasteiger partial charge in [-0.3, -0.25) is 0 Å². The maximum Gasteiger partial charge on any atom is 0.224 e. The van der Waals surface area contributed by atoms with Gasteiger partial charge in [-0.1, -0.05) is 12.1 Å². The van der Waals surface area contributed by atoms with Crippen LogP contribution in [0.1, 0.15) is 11.1 Å². The minimum absolute atomic E-state index is 0.722. The zero-order valence-corrected chi connectivity index (χ0v) is 8.73. The highest BCUT2D eigenvalue weighted by molar-refractivity contribution is 5.81. The Morgan fingerprint density at radius 3 is 2.93 bits per heavy atom. The van der Waals surface area contributed by atoms with Crippen molar-refractivity contribution in [3.05, 3.63) is 59.5 Å². The van der Waals surface area contributed by atoms with Crippen LogP contribution in [0.15, 0.2) is 43.1 Å². The molecule has 0 unspecified atom stereocenters. The van der Waals surface area contributed by atoms with Gasteiger partial charge in [0.1, 0.15) is 0 Å². The molecule has 0 spiro atoms. The Balaban J connectivity index is 2.81. The third-order valence-corrected chi connectivity index (χ3v) is 2.64. The van der Waals surface area contributed by atoms with Gasteiger partial charge >= 0.3 is 0 Å². The summed E-state index contributed by atoms with van der Waals surface area (Å²) < 4.78 is 0.904. The molecule has 1 heterocycles. The molecule has 0 atom stereocenters. The average molecular weight is 199 g/mol. The lowest BCUT2D eigenvalue weighted by atomic mass is 10.00. The van der Waals surface area contributed by atoms with E-state index in [4.69, 9.17) is 0 Å². The van der Waals surface area contributed by atoms with Crippen molar-refractivity contribution in [2.75, 3.05) is 0 Å². The molecular formula is C13H13NO. The fourth-order valence-corrected chi connectivity index (χ4v) is 1.85. The number of pyridine rings is 1. The molecule has 15 heavy (non-hydrogen) atoms. The lowest BCUT2D eigenvalue weighted by molar-refractivity contribution is -0.577. The maximum absolute atomic E-state index is 11.5. The third kappa shape index (κ3) is 1.59. The Labute approximate surface area is 89.1 Å². The molecule has 1 aromatic carbocycles. The maximum atomic E-state index is 11.5. The van der Waals surface area contributed by atoms with Crippen molar-refractivity contribution in [3.8, 4) is 0 Å². The van der Waals surface area contributed by atoms with E-state index in [1.165, 1.54) is 17.3 Å². The molecule has 0 amide bonds. The number of aryl methyl sites for hydroxylation is 1. The highest BCUT2D eigenvalue weighted by Gasteiger charge is 2.08. The zero-order valence-electron chi connectivity index (χ0n) is 8.73. The summed E-state index contributed by atoms with van der Waals surface area (Å²) in [6.45, 7) is 5.80. The van der Waals surface area contributed by atoms with E-state index in [0.29, 0.717) is 0 Å². The molecule has 1 aromatic heterocycles. The first-order valence-electron chi connectivity index (χ1n) is 4.95. The van der Waals surface area contributed by atoms with E-state index in [9.17, 15) is 5.21 Å². The molecule has 2 rings (SSSR count). The van der Waals surface area contributed by atoms with Gasteiger partial charge in [0, 0.05) is 12.1 Å². The Kier molecular flexibility index (Phi) is 2.42. The van der Waals surface area contributed by atoms with E-state index < -0.39 is 0 Å². The van der Waals surface area contributed by atoms with E-state index in [0.717, 1.165) is 22.1 Å². The molecule has 0 aliphatic carbocycles. The predicted molar refractivity (Wildman–Crippen MR) is 61.5 cm³/mol. The predicted octanol–water partition coefficient (Wildman–Crippen LogP) is 2.51. The van der Waals surface area contributed by atoms with Gasteiger partial charge in [0.25, 0.3) is 0 Å². The highest BCUT2D eigenvalue weighted by atomic mass is 16.5. The Morgan fingerprint density at radius 1 is 1.40 bits per heavy atom. The van der Waals surface area contributed by atoms with Crippen LogP contribution in [0.25, 0.3) is 10.9 Å². The molecule has 2 nitrogen and oxygen atoms in total. The Morgan fingerprint density at radius 2 is 2.20 bits per heavy atom. The van der Waals surface area contributed by atoms with Gasteiger partial charge < -0.3 is 5.21 Å². The molecule has 0 bridgehead atoms. The average Bonchev–Trinajstić information content (AvgIpc) is 2.23. The largest absolute Gasteiger partial charge is 0.618 e. The van der Waals surface area contributed by atoms with Gasteiger partial charge in [0.2, 0.25) is 5.52 Å². The topological polar surface area (TPSA) is 26.9 Å². The summed E-state index contributed by atoms with van der Waals surface area (Å²) in [6.07, 6.45) is 4.19. The van der Waals surface area contributed by atoms with Crippen molar-refractivity contribution in [1.82, 2.24) is 0 Å². The lowest BCUT2D eigenvalue weighted by Crippen LogP contribution is -2.26. The van der Waals surface area contributed by atoms with Crippen LogP contribution in [-0.2, 0) is 6.42 Å². The molecule has 0 saturated heterocycles. The molecule has 2 heteroatoms. The van der Waals surface area contributed by atoms with Gasteiger partial charge in [-0.05, 0) is 30.5 Å². The van der Waals surface area contributed by atoms with Gasteiger partial charge in [-0.2, -0.15) is 4.73 Å². The summed E-state index contributed by atoms with van der Waals surface area (Å²) in [4.78, 5) is 0. The fourth-order valence-electron chi connectivity index (χ4n) is 1.85. The summed E-state index contributed by atoms with van der Waals surface area (Å²) in [5.74, 6) is 0. The fraction of sp³-hybridized carbons (Fsp3) is 0.154. The first kappa shape index (κ1) is 9.71. The Hall–Kier alpha value is -1.83. The van der Waals surface area contributed by atoms with E-state index in [2.05, 4.69) is 13.5 Å². The van der Waals surface area contributed by atoms with Crippen molar-refractivity contribution in [3.63, 3.8) is 0 Å². The van der Waals surface area contributed by atoms with Gasteiger partial charge in [-0.25, -0.2) is 0 Å². The zero-order chi connectivity index (χ0) is 10.8. The van der Waals surface area contributed by atoms with Gasteiger partial charge in [0.05, 0.1) is 5.39 Å². The van der Waals surface area contributed by atoms with Crippen LogP contribution >= 0.6 is 0 Å². The highest BCUT2D eigenvalue weighted by Crippen LogP contribution is 2.20. The molecule has 0 fully saturated rings. The van der Waals surface area contributed by atoms with Gasteiger partial charge in [0.15, 0.2) is 6.20 Å². The van der Waals surface area contributed by atoms with Crippen LogP contribution in [-0.4, -0.2) is 0 Å². The molecule has 0 aliphatic heterocycles. The molecule has 0 aliphatic rings. The van der Waals surface area contributed by atoms with Gasteiger partial charge in [-0.15, -0.1) is 6.58 Å². The first-order chi connectivity index (χ1) is 7.24. The normalized spacial score (nSPS) is 10.5. The van der Waals surface area contributed by atoms with Crippen molar-refractivity contribution < 1.29 is 4.73 Å². The number of fused-ring (bicyclic) bond motifs is 1. The van der Waals surface area contributed by atoms with Crippen molar-refractivity contribution in [2.45, 2.75) is 13.3 Å². The van der Waals surface area contributed by atoms with Crippen molar-refractivity contribution in [2.24, 2.45) is 0 Å². The number of aromatic nitrogens is 1. The van der Waals surface area contributed by atoms with E-state index in [1.54, 1.807) is 6.07 Å². The number of benzene rings is 1. The second-order valence-electron chi connectivity index (χ2n) is 3.62. The van der Waals surface area contributed by atoms with Crippen LogP contribution in [0.5, 0.6) is 0 Å². The summed E-state index contributed by atoms with van der Waals surface area (Å²) >= 11 is 0. The molecule has 0 radical (unpaired) electrons. The minimum atomic E-state index is 0.722. The Bertz CT molecular complexity index is 517. The number of hydrogen-bond acceptors (Lipinski definition) is 1. The molecule has 0 saturated carbocycles. The number of hydrogen-bond donors (Lipinski definition) is 0. The van der Waals surface area contributed by atoms with Crippen LogP contribution in [0, 0.1) is 12.1 Å². The first-order valence-corrected chi connectivity index (χ1v) is 4.95. The summed E-state index contributed by atoms with van der Waals surface area (Å²) in [6, 6.07) is 7.61. The summed E-state index contributed by atoms with van der Waals surface area (Å²) in [5.41, 5.74) is 3.11. The smallest absolute Gasteiger partial charge is 0.224 e. The van der Waals surface area contributed by atoms with Crippen molar-refractivity contribution >= 4 is 10.9 Å². The van der Waals surface area contributed by atoms with Crippen LogP contribution < -0.4 is 4.73 Å². The minimum Gasteiger partial charge on any atom is -0.618 e. The summed E-state index contributed by atoms with van der Waals surface area (Å²) in [5, 5.41) is 12.6. The van der Waals surface area contributed by atoms with E-state index >= 15 is 0 Å². The quantitative estimate of drug-likeness (QED) is 0.415. The second-order valence-corrected chi connectivity index (χ2v) is 3.62. The van der Waals surface area contributed by atoms with Crippen LogP contribution in [0.3, 0.4) is 0 Å². The molecule has 76 valence electrons. The SMILES string of the molecule is C=CCc1c(C)ccc2c1ccc[n+]2[O-]. The second kappa shape index (κ2) is 3.73. The monoisotopic (exact) mass is 199 g/mol. The summed E-state index contributed by atoms with van der Waals surface area (Å²) in [7, 11) is 0. The number of allylic oxidation sites excluding steroid dienone is 1. The standard InChI is InChI=1S/C13H13NO/c1-3-5-11-10(2)7-8-13-12(11)6-4-9-14(13)15/h3-4,6-9H,1,5H2,2H3. The van der Waals surface area contributed by atoms with Crippen LogP contribution in [0.2, 0.25) is 0 Å². The third-order valence-electron chi connectivity index (χ3n) is 2.64. The number of nitrogens with zero attached hydrogens (tertiary/aromatic N) is 1. The molecule has 2 aromatic rings. The lowest BCUT2D eigenvalue weighted by Gasteiger charge is -2.07. The number of rotatable bonds is 2. The van der Waals surface area contributed by atoms with E-state index in [1.807, 2.05) is 24.3 Å². The molecule has 0 N–H and O–H groups in total. The molecular weight excluding hydrogens is 186 g/mol. The van der Waals surface area contributed by atoms with Crippen molar-refractivity contribution in [1.29, 1.82) is 0 Å². The van der Waals surface area contributed by atoms with Crippen LogP contribution in [0.4, 0.5) is 0 Å².